The maximum Gasteiger partial charge on any atom is 0.269 e. The molecule has 3 aromatic heterocycles. The van der Waals surface area contributed by atoms with Crippen LogP contribution in [0.5, 0.6) is 0 Å². The van der Waals surface area contributed by atoms with Gasteiger partial charge < -0.3 is 5.32 Å². The second-order valence-corrected chi connectivity index (χ2v) is 10.6. The number of anilines is 1. The molecule has 0 bridgehead atoms. The highest BCUT2D eigenvalue weighted by Crippen LogP contribution is 2.35. The van der Waals surface area contributed by atoms with Gasteiger partial charge in [-0.2, -0.15) is 5.26 Å². The van der Waals surface area contributed by atoms with Gasteiger partial charge in [0.05, 0.1) is 10.5 Å². The molecule has 7 nitrogen and oxygen atoms in total. The van der Waals surface area contributed by atoms with E-state index in [1.807, 2.05) is 6.07 Å². The van der Waals surface area contributed by atoms with Crippen LogP contribution in [-0.2, 0) is 10.0 Å². The van der Waals surface area contributed by atoms with Crippen molar-refractivity contribution in [2.24, 2.45) is 0 Å². The molecule has 9 heteroatoms. The lowest BCUT2D eigenvalue weighted by Crippen LogP contribution is -2.22. The normalized spacial score (nSPS) is 14.7. The minimum absolute atomic E-state index is 0.150. The van der Waals surface area contributed by atoms with E-state index in [0.29, 0.717) is 39.1 Å². The fourth-order valence-electron chi connectivity index (χ4n) is 4.44. The number of halogens is 1. The third-order valence-corrected chi connectivity index (χ3v) is 7.96. The number of fused-ring (bicyclic) bond motifs is 1. The number of benzene rings is 1. The Morgan fingerprint density at radius 3 is 2.59 bits per heavy atom. The fraction of sp³-hybridized carbons (Fsp3) is 0.240. The molecule has 1 fully saturated rings. The minimum Gasteiger partial charge on any atom is -0.367 e. The van der Waals surface area contributed by atoms with E-state index in [1.54, 1.807) is 42.5 Å². The van der Waals surface area contributed by atoms with Crippen molar-refractivity contribution in [2.75, 3.05) is 5.32 Å². The van der Waals surface area contributed by atoms with E-state index in [0.717, 1.165) is 16.8 Å². The molecule has 1 aromatic carbocycles. The Morgan fingerprint density at radius 2 is 1.85 bits per heavy atom. The molecule has 0 saturated heterocycles. The lowest BCUT2D eigenvalue weighted by Gasteiger charge is -2.23. The van der Waals surface area contributed by atoms with Gasteiger partial charge in [-0.3, -0.25) is 0 Å². The second-order valence-electron chi connectivity index (χ2n) is 8.41. The van der Waals surface area contributed by atoms with E-state index >= 15 is 0 Å². The largest absolute Gasteiger partial charge is 0.367 e. The zero-order valence-corrected chi connectivity index (χ0v) is 19.9. The van der Waals surface area contributed by atoms with Gasteiger partial charge in [-0.05, 0) is 48.7 Å². The highest BCUT2D eigenvalue weighted by Gasteiger charge is 2.24. The zero-order chi connectivity index (χ0) is 23.7. The molecule has 1 saturated carbocycles. The van der Waals surface area contributed by atoms with Crippen LogP contribution in [-0.4, -0.2) is 28.4 Å². The van der Waals surface area contributed by atoms with Gasteiger partial charge in [-0.15, -0.1) is 0 Å². The molecule has 0 atom stereocenters. The third-order valence-electron chi connectivity index (χ3n) is 6.10. The van der Waals surface area contributed by atoms with Crippen LogP contribution >= 0.6 is 11.6 Å². The predicted molar refractivity (Wildman–Crippen MR) is 132 cm³/mol. The number of rotatable bonds is 5. The molecule has 1 aliphatic carbocycles. The average molecular weight is 492 g/mol. The molecule has 4 aromatic rings. The first-order chi connectivity index (χ1) is 16.5. The number of pyridine rings is 2. The van der Waals surface area contributed by atoms with Crippen LogP contribution < -0.4 is 5.32 Å². The van der Waals surface area contributed by atoms with E-state index in [9.17, 15) is 13.7 Å². The summed E-state index contributed by atoms with van der Waals surface area (Å²) >= 11 is 6.38. The third kappa shape index (κ3) is 4.25. The van der Waals surface area contributed by atoms with Crippen molar-refractivity contribution in [2.45, 2.75) is 43.0 Å². The Morgan fingerprint density at radius 1 is 1.09 bits per heavy atom. The minimum atomic E-state index is -3.91. The lowest BCUT2D eigenvalue weighted by molar-refractivity contribution is 0.462. The summed E-state index contributed by atoms with van der Waals surface area (Å²) in [6, 6.07) is 15.8. The molecule has 0 radical (unpaired) electrons. The van der Waals surface area contributed by atoms with Gasteiger partial charge in [-0.25, -0.2) is 22.4 Å². The van der Waals surface area contributed by atoms with Gasteiger partial charge in [0, 0.05) is 29.4 Å². The van der Waals surface area contributed by atoms with Gasteiger partial charge >= 0.3 is 0 Å². The zero-order valence-electron chi connectivity index (χ0n) is 18.3. The van der Waals surface area contributed by atoms with Crippen molar-refractivity contribution < 1.29 is 8.42 Å². The van der Waals surface area contributed by atoms with Crippen molar-refractivity contribution in [3.63, 3.8) is 0 Å². The monoisotopic (exact) mass is 491 g/mol. The van der Waals surface area contributed by atoms with E-state index < -0.39 is 10.0 Å². The van der Waals surface area contributed by atoms with Gasteiger partial charge in [0.25, 0.3) is 10.0 Å². The van der Waals surface area contributed by atoms with Gasteiger partial charge in [0.1, 0.15) is 17.0 Å². The van der Waals surface area contributed by atoms with Crippen molar-refractivity contribution in [1.29, 1.82) is 5.26 Å². The average Bonchev–Trinajstić information content (AvgIpc) is 3.24. The summed E-state index contributed by atoms with van der Waals surface area (Å²) in [7, 11) is -3.91. The van der Waals surface area contributed by atoms with Crippen molar-refractivity contribution >= 4 is 38.5 Å². The SMILES string of the molecule is N#Cc1cnc2c(c1)c(-c1cc(Cl)nc(NC3CCCCC3)c1)cn2S(=O)(=O)c1ccccc1. The molecule has 1 N–H and O–H groups in total. The van der Waals surface area contributed by atoms with Gasteiger partial charge in [-0.1, -0.05) is 49.1 Å². The molecule has 0 aliphatic heterocycles. The number of nitriles is 1. The first kappa shape index (κ1) is 22.4. The lowest BCUT2D eigenvalue weighted by atomic mass is 9.95. The van der Waals surface area contributed by atoms with Gasteiger partial charge in [0.2, 0.25) is 0 Å². The Labute approximate surface area is 203 Å². The summed E-state index contributed by atoms with van der Waals surface area (Å²) < 4.78 is 28.1. The molecular formula is C25H22ClN5O2S. The van der Waals surface area contributed by atoms with Crippen LogP contribution in [0.4, 0.5) is 5.82 Å². The van der Waals surface area contributed by atoms with Crippen LogP contribution in [0, 0.1) is 11.3 Å². The Kier molecular flexibility index (Phi) is 5.98. The fourth-order valence-corrected chi connectivity index (χ4v) is 6.00. The molecule has 34 heavy (non-hydrogen) atoms. The van der Waals surface area contributed by atoms with Crippen LogP contribution in [0.3, 0.4) is 0 Å². The Balaban J connectivity index is 1.66. The molecule has 1 aliphatic rings. The number of aromatic nitrogens is 3. The maximum absolute atomic E-state index is 13.5. The summed E-state index contributed by atoms with van der Waals surface area (Å²) in [5, 5.41) is 13.7. The van der Waals surface area contributed by atoms with Crippen molar-refractivity contribution in [3.8, 4) is 17.2 Å². The number of hydrogen-bond acceptors (Lipinski definition) is 6. The number of nitrogens with one attached hydrogen (secondary N) is 1. The molecule has 0 spiro atoms. The van der Waals surface area contributed by atoms with Crippen molar-refractivity contribution in [3.05, 3.63) is 71.6 Å². The van der Waals surface area contributed by atoms with Crippen LogP contribution in [0.1, 0.15) is 37.7 Å². The predicted octanol–water partition coefficient (Wildman–Crippen LogP) is 5.60. The smallest absolute Gasteiger partial charge is 0.269 e. The summed E-state index contributed by atoms with van der Waals surface area (Å²) in [6.07, 6.45) is 8.67. The maximum atomic E-state index is 13.5. The molecule has 0 unspecified atom stereocenters. The molecule has 3 heterocycles. The number of nitrogens with zero attached hydrogens (tertiary/aromatic N) is 4. The van der Waals surface area contributed by atoms with Crippen LogP contribution in [0.15, 0.2) is 65.8 Å². The molecule has 0 amide bonds. The first-order valence-electron chi connectivity index (χ1n) is 11.1. The highest BCUT2D eigenvalue weighted by atomic mass is 35.5. The van der Waals surface area contributed by atoms with Crippen LogP contribution in [0.25, 0.3) is 22.2 Å². The first-order valence-corrected chi connectivity index (χ1v) is 12.9. The van der Waals surface area contributed by atoms with Crippen molar-refractivity contribution in [1.82, 2.24) is 13.9 Å². The summed E-state index contributed by atoms with van der Waals surface area (Å²) in [6.45, 7) is 0. The topological polar surface area (TPSA) is 101 Å². The highest BCUT2D eigenvalue weighted by molar-refractivity contribution is 7.90. The Bertz CT molecular complexity index is 1500. The van der Waals surface area contributed by atoms with E-state index in [4.69, 9.17) is 11.6 Å². The summed E-state index contributed by atoms with van der Waals surface area (Å²) in [5.41, 5.74) is 1.88. The molecule has 5 rings (SSSR count). The van der Waals surface area contributed by atoms with E-state index in [2.05, 4.69) is 21.4 Å². The summed E-state index contributed by atoms with van der Waals surface area (Å²) in [4.78, 5) is 8.91. The van der Waals surface area contributed by atoms with E-state index in [-0.39, 0.29) is 10.5 Å². The second kappa shape index (κ2) is 9.09. The molecule has 172 valence electrons. The van der Waals surface area contributed by atoms with Gasteiger partial charge in [0.15, 0.2) is 5.65 Å². The Hall–Kier alpha value is -3.41. The van der Waals surface area contributed by atoms with E-state index in [1.165, 1.54) is 31.7 Å². The standard InChI is InChI=1S/C25H22ClN5O2S/c26-23-12-18(13-24(30-23)29-19-7-3-1-4-8-19)22-16-31(25-21(22)11-17(14-27)15-28-25)34(32,33)20-9-5-2-6-10-20/h2,5-6,9-13,15-16,19H,1,3-4,7-8H2,(H,29,30). The summed E-state index contributed by atoms with van der Waals surface area (Å²) in [5.74, 6) is 0.644. The number of hydrogen-bond donors (Lipinski definition) is 1. The molecular weight excluding hydrogens is 470 g/mol. The van der Waals surface area contributed by atoms with Crippen LogP contribution in [0.2, 0.25) is 5.15 Å². The quantitative estimate of drug-likeness (QED) is 0.364.